The van der Waals surface area contributed by atoms with Crippen molar-refractivity contribution in [3.8, 4) is 22.6 Å². The second kappa shape index (κ2) is 9.75. The molecular formula is C26H27NO5. The lowest BCUT2D eigenvalue weighted by Gasteiger charge is -2.21. The Hall–Kier alpha value is -3.51. The van der Waals surface area contributed by atoms with Gasteiger partial charge in [-0.1, -0.05) is 54.6 Å². The molecule has 1 aliphatic carbocycles. The van der Waals surface area contributed by atoms with E-state index in [0.717, 1.165) is 16.7 Å². The van der Waals surface area contributed by atoms with Gasteiger partial charge >= 0.3 is 6.09 Å². The van der Waals surface area contributed by atoms with E-state index in [1.165, 1.54) is 11.1 Å². The van der Waals surface area contributed by atoms with Crippen molar-refractivity contribution in [3.63, 3.8) is 0 Å². The Kier molecular flexibility index (Phi) is 6.61. The zero-order valence-electron chi connectivity index (χ0n) is 18.2. The molecule has 0 heterocycles. The van der Waals surface area contributed by atoms with Crippen molar-refractivity contribution in [2.75, 3.05) is 27.4 Å². The van der Waals surface area contributed by atoms with Crippen LogP contribution in [0.4, 0.5) is 4.79 Å². The molecule has 0 aromatic heterocycles. The number of ether oxygens (including phenoxy) is 3. The van der Waals surface area contributed by atoms with Gasteiger partial charge in [0.1, 0.15) is 6.61 Å². The summed E-state index contributed by atoms with van der Waals surface area (Å²) in [6, 6.07) is 21.4. The van der Waals surface area contributed by atoms with Crippen molar-refractivity contribution in [1.29, 1.82) is 0 Å². The molecule has 0 saturated heterocycles. The van der Waals surface area contributed by atoms with E-state index in [-0.39, 0.29) is 19.1 Å². The summed E-state index contributed by atoms with van der Waals surface area (Å²) in [4.78, 5) is 12.7. The first-order chi connectivity index (χ1) is 15.7. The Morgan fingerprint density at radius 1 is 0.938 bits per heavy atom. The molecule has 1 atom stereocenters. The Morgan fingerprint density at radius 2 is 1.56 bits per heavy atom. The van der Waals surface area contributed by atoms with E-state index in [0.29, 0.717) is 17.9 Å². The zero-order valence-corrected chi connectivity index (χ0v) is 18.2. The Labute approximate surface area is 187 Å². The van der Waals surface area contributed by atoms with Gasteiger partial charge in [-0.3, -0.25) is 0 Å². The molecule has 32 heavy (non-hydrogen) atoms. The van der Waals surface area contributed by atoms with E-state index in [1.807, 2.05) is 30.3 Å². The highest BCUT2D eigenvalue weighted by Gasteiger charge is 2.29. The van der Waals surface area contributed by atoms with Gasteiger partial charge in [-0.15, -0.1) is 0 Å². The van der Waals surface area contributed by atoms with Crippen LogP contribution in [-0.4, -0.2) is 38.6 Å². The van der Waals surface area contributed by atoms with Crippen LogP contribution in [0.15, 0.2) is 66.7 Å². The lowest BCUT2D eigenvalue weighted by atomic mass is 9.98. The van der Waals surface area contributed by atoms with Gasteiger partial charge in [-0.05, 0) is 46.4 Å². The topological polar surface area (TPSA) is 77.0 Å². The van der Waals surface area contributed by atoms with E-state index >= 15 is 0 Å². The fourth-order valence-corrected chi connectivity index (χ4v) is 4.30. The molecule has 3 aromatic rings. The van der Waals surface area contributed by atoms with Crippen molar-refractivity contribution in [1.82, 2.24) is 5.32 Å². The number of alkyl carbamates (subject to hydrolysis) is 1. The average Bonchev–Trinajstić information content (AvgIpc) is 3.15. The number of aliphatic hydroxyl groups is 1. The SMILES string of the molecule is COc1ccc([C@H](CCO)NC(=O)OCC2c3ccccc3-c3ccccc32)cc1OC. The first-order valence-electron chi connectivity index (χ1n) is 10.6. The monoisotopic (exact) mass is 433 g/mol. The minimum absolute atomic E-state index is 0.00878. The van der Waals surface area contributed by atoms with Gasteiger partial charge in [0.05, 0.1) is 20.3 Å². The van der Waals surface area contributed by atoms with Gasteiger partial charge in [0, 0.05) is 12.5 Å². The molecule has 0 radical (unpaired) electrons. The van der Waals surface area contributed by atoms with Crippen LogP contribution in [0.5, 0.6) is 11.5 Å². The molecule has 0 aliphatic heterocycles. The minimum atomic E-state index is -0.528. The highest BCUT2D eigenvalue weighted by atomic mass is 16.5. The lowest BCUT2D eigenvalue weighted by molar-refractivity contribution is 0.136. The van der Waals surface area contributed by atoms with Gasteiger partial charge in [0.2, 0.25) is 0 Å². The molecular weight excluding hydrogens is 406 g/mol. The van der Waals surface area contributed by atoms with Crippen LogP contribution in [-0.2, 0) is 4.74 Å². The standard InChI is InChI=1S/C26H27NO5/c1-30-24-12-11-17(15-25(24)31-2)23(13-14-28)27-26(29)32-16-22-20-9-5-3-7-18(20)19-8-4-6-10-21(19)22/h3-12,15,22-23,28H,13-14,16H2,1-2H3,(H,27,29)/t23-/m0/s1. The van der Waals surface area contributed by atoms with Crippen LogP contribution < -0.4 is 14.8 Å². The number of methoxy groups -OCH3 is 2. The summed E-state index contributed by atoms with van der Waals surface area (Å²) in [6.07, 6.45) is -0.181. The fourth-order valence-electron chi connectivity index (χ4n) is 4.30. The molecule has 4 rings (SSSR count). The number of fused-ring (bicyclic) bond motifs is 3. The van der Waals surface area contributed by atoms with Crippen LogP contribution in [0.25, 0.3) is 11.1 Å². The number of nitrogens with one attached hydrogen (secondary N) is 1. The maximum Gasteiger partial charge on any atom is 0.407 e. The number of carbonyl (C=O) groups excluding carboxylic acids is 1. The number of aliphatic hydroxyl groups excluding tert-OH is 1. The normalized spacial score (nSPS) is 13.1. The van der Waals surface area contributed by atoms with E-state index in [1.54, 1.807) is 26.4 Å². The number of hydrogen-bond acceptors (Lipinski definition) is 5. The molecule has 1 amide bonds. The Morgan fingerprint density at radius 3 is 2.16 bits per heavy atom. The molecule has 0 spiro atoms. The Balaban J connectivity index is 1.47. The van der Waals surface area contributed by atoms with Gasteiger partial charge in [-0.25, -0.2) is 4.79 Å². The highest BCUT2D eigenvalue weighted by molar-refractivity contribution is 5.79. The maximum absolute atomic E-state index is 12.7. The summed E-state index contributed by atoms with van der Waals surface area (Å²) < 4.78 is 16.3. The quantitative estimate of drug-likeness (QED) is 0.540. The summed E-state index contributed by atoms with van der Waals surface area (Å²) in [5.41, 5.74) is 5.48. The number of rotatable bonds is 8. The van der Waals surface area contributed by atoms with Gasteiger partial charge in [0.25, 0.3) is 0 Å². The molecule has 0 fully saturated rings. The lowest BCUT2D eigenvalue weighted by Crippen LogP contribution is -2.31. The minimum Gasteiger partial charge on any atom is -0.493 e. The summed E-state index contributed by atoms with van der Waals surface area (Å²) >= 11 is 0. The van der Waals surface area contributed by atoms with Crippen LogP contribution in [0.2, 0.25) is 0 Å². The summed E-state index contributed by atoms with van der Waals surface area (Å²) in [5.74, 6) is 1.15. The van der Waals surface area contributed by atoms with Crippen LogP contribution >= 0.6 is 0 Å². The van der Waals surface area contributed by atoms with Crippen LogP contribution in [0.1, 0.15) is 35.1 Å². The van der Waals surface area contributed by atoms with Crippen molar-refractivity contribution in [3.05, 3.63) is 83.4 Å². The number of carbonyl (C=O) groups is 1. The molecule has 3 aromatic carbocycles. The number of hydrogen-bond donors (Lipinski definition) is 2. The van der Waals surface area contributed by atoms with E-state index in [2.05, 4.69) is 29.6 Å². The molecule has 1 aliphatic rings. The maximum atomic E-state index is 12.7. The predicted octanol–water partition coefficient (Wildman–Crippen LogP) is 4.67. The van der Waals surface area contributed by atoms with Gasteiger partial charge in [0.15, 0.2) is 11.5 Å². The smallest absolute Gasteiger partial charge is 0.407 e. The van der Waals surface area contributed by atoms with Crippen molar-refractivity contribution in [2.24, 2.45) is 0 Å². The second-order valence-electron chi connectivity index (χ2n) is 7.65. The van der Waals surface area contributed by atoms with Crippen LogP contribution in [0.3, 0.4) is 0 Å². The molecule has 0 unspecified atom stereocenters. The van der Waals surface area contributed by atoms with Crippen molar-refractivity contribution >= 4 is 6.09 Å². The van der Waals surface area contributed by atoms with Gasteiger partial charge in [-0.2, -0.15) is 0 Å². The largest absolute Gasteiger partial charge is 0.493 e. The van der Waals surface area contributed by atoms with Crippen molar-refractivity contribution < 1.29 is 24.1 Å². The van der Waals surface area contributed by atoms with E-state index < -0.39 is 12.1 Å². The fraction of sp³-hybridized carbons (Fsp3) is 0.269. The average molecular weight is 434 g/mol. The summed E-state index contributed by atoms with van der Waals surface area (Å²) in [6.45, 7) is 0.153. The third kappa shape index (κ3) is 4.27. The first-order valence-corrected chi connectivity index (χ1v) is 10.6. The molecule has 2 N–H and O–H groups in total. The number of benzene rings is 3. The van der Waals surface area contributed by atoms with E-state index in [9.17, 15) is 9.90 Å². The number of amides is 1. The molecule has 0 saturated carbocycles. The van der Waals surface area contributed by atoms with Crippen molar-refractivity contribution in [2.45, 2.75) is 18.4 Å². The Bertz CT molecular complexity index is 1050. The summed E-state index contributed by atoms with van der Waals surface area (Å²) in [7, 11) is 3.12. The zero-order chi connectivity index (χ0) is 22.5. The molecule has 6 nitrogen and oxygen atoms in total. The predicted molar refractivity (Wildman–Crippen MR) is 122 cm³/mol. The first kappa shape index (κ1) is 21.7. The van der Waals surface area contributed by atoms with Crippen LogP contribution in [0, 0.1) is 0 Å². The third-order valence-electron chi connectivity index (χ3n) is 5.86. The molecule has 6 heteroatoms. The molecule has 166 valence electrons. The third-order valence-corrected chi connectivity index (χ3v) is 5.86. The van der Waals surface area contributed by atoms with Gasteiger partial charge < -0.3 is 24.6 Å². The summed E-state index contributed by atoms with van der Waals surface area (Å²) in [5, 5.41) is 12.4. The molecule has 0 bridgehead atoms. The second-order valence-corrected chi connectivity index (χ2v) is 7.65. The van der Waals surface area contributed by atoms with E-state index in [4.69, 9.17) is 14.2 Å². The highest BCUT2D eigenvalue weighted by Crippen LogP contribution is 2.44.